The predicted octanol–water partition coefficient (Wildman–Crippen LogP) is 1.49. The highest BCUT2D eigenvalue weighted by atomic mass is 32.1. The third-order valence-electron chi connectivity index (χ3n) is 1.00. The van der Waals surface area contributed by atoms with Gasteiger partial charge in [0, 0.05) is 11.3 Å². The van der Waals surface area contributed by atoms with Gasteiger partial charge in [-0.1, -0.05) is 12.0 Å². The number of aldehydes is 1. The van der Waals surface area contributed by atoms with Crippen molar-refractivity contribution in [3.63, 3.8) is 0 Å². The van der Waals surface area contributed by atoms with Crippen LogP contribution in [-0.4, -0.2) is 6.29 Å². The molecule has 0 fully saturated rings. The molecule has 0 saturated heterocycles. The quantitative estimate of drug-likeness (QED) is 0.438. The highest BCUT2D eigenvalue weighted by Crippen LogP contribution is 2.07. The van der Waals surface area contributed by atoms with Crippen molar-refractivity contribution in [3.05, 3.63) is 22.4 Å². The van der Waals surface area contributed by atoms with Crippen LogP contribution in [-0.2, 0) is 11.2 Å². The molecule has 0 amide bonds. The van der Waals surface area contributed by atoms with Crippen LogP contribution in [0.25, 0.3) is 0 Å². The molecule has 2 heteroatoms. The maximum atomic E-state index is 9.76. The highest BCUT2D eigenvalue weighted by molar-refractivity contribution is 7.09. The minimum Gasteiger partial charge on any atom is -0.289 e. The van der Waals surface area contributed by atoms with Gasteiger partial charge in [0.25, 0.3) is 0 Å². The first kappa shape index (κ1) is 7.04. The Hall–Kier alpha value is -1.07. The van der Waals surface area contributed by atoms with Crippen LogP contribution in [0.5, 0.6) is 0 Å². The molecular weight excluding hydrogens is 144 g/mol. The van der Waals surface area contributed by atoms with Gasteiger partial charge in [0.05, 0.1) is 0 Å². The molecule has 1 nitrogen and oxygen atoms in total. The molecule has 0 aliphatic rings. The molecule has 1 aromatic rings. The second-order valence-corrected chi connectivity index (χ2v) is 2.73. The fourth-order valence-corrected chi connectivity index (χ4v) is 1.24. The molecule has 0 bridgehead atoms. The van der Waals surface area contributed by atoms with E-state index in [0.29, 0.717) is 12.7 Å². The van der Waals surface area contributed by atoms with Crippen LogP contribution in [0.1, 0.15) is 4.88 Å². The molecule has 0 unspecified atom stereocenters. The third kappa shape index (κ3) is 2.04. The van der Waals surface area contributed by atoms with E-state index >= 15 is 0 Å². The van der Waals surface area contributed by atoms with Crippen molar-refractivity contribution in [2.24, 2.45) is 0 Å². The zero-order valence-corrected chi connectivity index (χ0v) is 6.15. The molecule has 0 saturated carbocycles. The lowest BCUT2D eigenvalue weighted by Gasteiger charge is -1.79. The van der Waals surface area contributed by atoms with Crippen molar-refractivity contribution in [2.45, 2.75) is 6.42 Å². The summed E-state index contributed by atoms with van der Waals surface area (Å²) in [6.45, 7) is 0. The Balaban J connectivity index is 2.49. The number of hydrogen-bond acceptors (Lipinski definition) is 2. The molecule has 0 spiro atoms. The van der Waals surface area contributed by atoms with Crippen molar-refractivity contribution in [3.8, 4) is 11.8 Å². The fraction of sp³-hybridized carbons (Fsp3) is 0.125. The van der Waals surface area contributed by atoms with Gasteiger partial charge in [-0.15, -0.1) is 11.3 Å². The summed E-state index contributed by atoms with van der Waals surface area (Å²) in [5, 5.41) is 2.00. The summed E-state index contributed by atoms with van der Waals surface area (Å²) >= 11 is 1.65. The molecule has 1 heterocycles. The Morgan fingerprint density at radius 3 is 3.20 bits per heavy atom. The average molecular weight is 150 g/mol. The predicted molar refractivity (Wildman–Crippen MR) is 41.9 cm³/mol. The molecule has 0 aliphatic carbocycles. The number of thiophene rings is 1. The number of rotatable bonds is 1. The first-order valence-electron chi connectivity index (χ1n) is 2.88. The summed E-state index contributed by atoms with van der Waals surface area (Å²) in [7, 11) is 0. The van der Waals surface area contributed by atoms with Gasteiger partial charge in [-0.25, -0.2) is 0 Å². The molecule has 10 heavy (non-hydrogen) atoms. The maximum Gasteiger partial charge on any atom is 0.192 e. The molecule has 0 aliphatic heterocycles. The summed E-state index contributed by atoms with van der Waals surface area (Å²) in [6, 6.07) is 3.98. The average Bonchev–Trinajstić information content (AvgIpc) is 2.41. The van der Waals surface area contributed by atoms with E-state index in [1.807, 2.05) is 17.5 Å². The van der Waals surface area contributed by atoms with E-state index < -0.39 is 0 Å². The fourth-order valence-electron chi connectivity index (χ4n) is 0.593. The van der Waals surface area contributed by atoms with Crippen molar-refractivity contribution >= 4 is 17.6 Å². The lowest BCUT2D eigenvalue weighted by atomic mass is 10.3. The van der Waals surface area contributed by atoms with E-state index in [0.717, 1.165) is 0 Å². The molecule has 1 aromatic heterocycles. The molecule has 0 radical (unpaired) electrons. The standard InChI is InChI=1S/C8H6OS/c9-6-2-1-4-8-5-3-7-10-8/h3,5-7H,4H2. The van der Waals surface area contributed by atoms with Crippen LogP contribution in [0, 0.1) is 11.8 Å². The minimum atomic E-state index is 0.619. The number of carbonyl (C=O) groups is 1. The second-order valence-electron chi connectivity index (χ2n) is 1.70. The number of hydrogen-bond donors (Lipinski definition) is 0. The Morgan fingerprint density at radius 1 is 1.70 bits per heavy atom. The summed E-state index contributed by atoms with van der Waals surface area (Å²) in [5.74, 6) is 5.09. The monoisotopic (exact) mass is 150 g/mol. The SMILES string of the molecule is O=CC#CCc1cccs1. The number of carbonyl (C=O) groups excluding carboxylic acids is 1. The van der Waals surface area contributed by atoms with E-state index in [4.69, 9.17) is 0 Å². The van der Waals surface area contributed by atoms with Gasteiger partial charge in [-0.2, -0.15) is 0 Å². The van der Waals surface area contributed by atoms with Gasteiger partial charge in [0.1, 0.15) is 0 Å². The molecule has 0 N–H and O–H groups in total. The molecule has 1 rings (SSSR count). The van der Waals surface area contributed by atoms with Gasteiger partial charge in [-0.3, -0.25) is 4.79 Å². The van der Waals surface area contributed by atoms with Gasteiger partial charge < -0.3 is 0 Å². The third-order valence-corrected chi connectivity index (χ3v) is 1.88. The molecule has 0 aromatic carbocycles. The smallest absolute Gasteiger partial charge is 0.192 e. The largest absolute Gasteiger partial charge is 0.289 e. The van der Waals surface area contributed by atoms with Gasteiger partial charge >= 0.3 is 0 Å². The van der Waals surface area contributed by atoms with Gasteiger partial charge in [0.15, 0.2) is 6.29 Å². The van der Waals surface area contributed by atoms with Crippen molar-refractivity contribution < 1.29 is 4.79 Å². The Morgan fingerprint density at radius 2 is 2.60 bits per heavy atom. The Kier molecular flexibility index (Phi) is 2.72. The summed E-state index contributed by atoms with van der Waals surface area (Å²) < 4.78 is 0. The van der Waals surface area contributed by atoms with Gasteiger partial charge in [0.2, 0.25) is 0 Å². The van der Waals surface area contributed by atoms with E-state index in [2.05, 4.69) is 11.8 Å². The molecule has 0 atom stereocenters. The van der Waals surface area contributed by atoms with E-state index in [1.54, 1.807) is 11.3 Å². The van der Waals surface area contributed by atoms with Crippen LogP contribution in [0.15, 0.2) is 17.5 Å². The Bertz CT molecular complexity index is 251. The lowest BCUT2D eigenvalue weighted by Crippen LogP contribution is -1.71. The zero-order chi connectivity index (χ0) is 7.23. The normalized spacial score (nSPS) is 8.00. The highest BCUT2D eigenvalue weighted by Gasteiger charge is 1.86. The molecule has 50 valence electrons. The summed E-state index contributed by atoms with van der Waals surface area (Å²) in [4.78, 5) is 11.0. The maximum absolute atomic E-state index is 9.76. The summed E-state index contributed by atoms with van der Waals surface area (Å²) in [6.07, 6.45) is 1.31. The van der Waals surface area contributed by atoms with E-state index in [9.17, 15) is 4.79 Å². The van der Waals surface area contributed by atoms with Crippen LogP contribution >= 0.6 is 11.3 Å². The molecular formula is C8H6OS. The first-order chi connectivity index (χ1) is 4.93. The lowest BCUT2D eigenvalue weighted by molar-refractivity contribution is -0.103. The van der Waals surface area contributed by atoms with E-state index in [1.165, 1.54) is 4.88 Å². The minimum absolute atomic E-state index is 0.619. The topological polar surface area (TPSA) is 17.1 Å². The first-order valence-corrected chi connectivity index (χ1v) is 3.76. The van der Waals surface area contributed by atoms with Crippen molar-refractivity contribution in [1.82, 2.24) is 0 Å². The van der Waals surface area contributed by atoms with Crippen LogP contribution in [0.3, 0.4) is 0 Å². The second kappa shape index (κ2) is 3.86. The van der Waals surface area contributed by atoms with Crippen LogP contribution < -0.4 is 0 Å². The van der Waals surface area contributed by atoms with Crippen LogP contribution in [0.2, 0.25) is 0 Å². The Labute approximate surface area is 63.7 Å². The van der Waals surface area contributed by atoms with Crippen LogP contribution in [0.4, 0.5) is 0 Å². The van der Waals surface area contributed by atoms with Crippen molar-refractivity contribution in [2.75, 3.05) is 0 Å². The van der Waals surface area contributed by atoms with E-state index in [-0.39, 0.29) is 0 Å². The van der Waals surface area contributed by atoms with Crippen molar-refractivity contribution in [1.29, 1.82) is 0 Å². The van der Waals surface area contributed by atoms with Gasteiger partial charge in [-0.05, 0) is 17.4 Å². The zero-order valence-electron chi connectivity index (χ0n) is 5.33. The summed E-state index contributed by atoms with van der Waals surface area (Å²) in [5.41, 5.74) is 0.